The Hall–Kier alpha value is -3.03. The number of halogens is 3. The lowest BCUT2D eigenvalue weighted by Crippen LogP contribution is -2.20. The molecule has 0 aliphatic heterocycles. The molecule has 2 amide bonds. The van der Waals surface area contributed by atoms with E-state index >= 15 is 0 Å². The number of aryl methyl sites for hydroxylation is 1. The third-order valence-electron chi connectivity index (χ3n) is 3.21. The van der Waals surface area contributed by atoms with E-state index in [0.29, 0.717) is 5.56 Å². The summed E-state index contributed by atoms with van der Waals surface area (Å²) >= 11 is 0. The summed E-state index contributed by atoms with van der Waals surface area (Å²) in [5.74, 6) is -1.27. The number of hydrogen-bond acceptors (Lipinski definition) is 3. The summed E-state index contributed by atoms with van der Waals surface area (Å²) in [5, 5.41) is 2.49. The zero-order valence-corrected chi connectivity index (χ0v) is 13.2. The van der Waals surface area contributed by atoms with E-state index in [4.69, 9.17) is 10.5 Å². The van der Waals surface area contributed by atoms with Gasteiger partial charge in [0, 0.05) is 11.1 Å². The minimum absolute atomic E-state index is 0.0839. The third kappa shape index (κ3) is 5.23. The average molecular weight is 352 g/mol. The van der Waals surface area contributed by atoms with Gasteiger partial charge in [0.15, 0.2) is 6.61 Å². The predicted molar refractivity (Wildman–Crippen MR) is 85.6 cm³/mol. The van der Waals surface area contributed by atoms with E-state index in [0.717, 1.165) is 0 Å². The number of carbonyl (C=O) groups is 2. The van der Waals surface area contributed by atoms with Crippen LogP contribution in [-0.2, 0) is 0 Å². The third-order valence-corrected chi connectivity index (χ3v) is 3.21. The van der Waals surface area contributed by atoms with Crippen molar-refractivity contribution in [1.82, 2.24) is 0 Å². The zero-order chi connectivity index (χ0) is 18.6. The van der Waals surface area contributed by atoms with Crippen LogP contribution in [0.3, 0.4) is 0 Å². The number of benzene rings is 2. The first-order valence-electron chi connectivity index (χ1n) is 7.17. The van der Waals surface area contributed by atoms with Gasteiger partial charge in [-0.1, -0.05) is 6.07 Å². The van der Waals surface area contributed by atoms with Crippen LogP contribution in [0.15, 0.2) is 42.5 Å². The van der Waals surface area contributed by atoms with Crippen LogP contribution >= 0.6 is 0 Å². The molecule has 2 aromatic carbocycles. The van der Waals surface area contributed by atoms with Crippen molar-refractivity contribution in [3.63, 3.8) is 0 Å². The molecular weight excluding hydrogens is 337 g/mol. The second kappa shape index (κ2) is 7.25. The molecule has 5 nitrogen and oxygen atoms in total. The van der Waals surface area contributed by atoms with E-state index in [1.807, 2.05) is 0 Å². The SMILES string of the molecule is Cc1ccc(NC(=O)c2ccc(C(N)=O)cc2)c(OCC(F)(F)F)c1. The molecule has 0 saturated heterocycles. The molecule has 8 heteroatoms. The van der Waals surface area contributed by atoms with Crippen LogP contribution in [0.25, 0.3) is 0 Å². The highest BCUT2D eigenvalue weighted by atomic mass is 19.4. The van der Waals surface area contributed by atoms with Gasteiger partial charge < -0.3 is 15.8 Å². The molecule has 0 spiro atoms. The number of alkyl halides is 3. The molecule has 0 saturated carbocycles. The van der Waals surface area contributed by atoms with E-state index < -0.39 is 24.6 Å². The van der Waals surface area contributed by atoms with E-state index in [1.165, 1.54) is 36.4 Å². The number of anilines is 1. The van der Waals surface area contributed by atoms with Crippen LogP contribution in [0.2, 0.25) is 0 Å². The molecule has 2 aromatic rings. The Bertz CT molecular complexity index is 787. The normalized spacial score (nSPS) is 11.0. The fourth-order valence-electron chi connectivity index (χ4n) is 1.99. The smallest absolute Gasteiger partial charge is 0.422 e. The summed E-state index contributed by atoms with van der Waals surface area (Å²) in [6.07, 6.45) is -4.49. The van der Waals surface area contributed by atoms with Gasteiger partial charge in [-0.05, 0) is 48.9 Å². The Morgan fingerprint density at radius 2 is 1.68 bits per heavy atom. The van der Waals surface area contributed by atoms with Gasteiger partial charge in [-0.15, -0.1) is 0 Å². The van der Waals surface area contributed by atoms with Crippen LogP contribution in [0.5, 0.6) is 5.75 Å². The Balaban J connectivity index is 2.18. The maximum Gasteiger partial charge on any atom is 0.422 e. The maximum atomic E-state index is 12.4. The van der Waals surface area contributed by atoms with Crippen molar-refractivity contribution in [2.45, 2.75) is 13.1 Å². The lowest BCUT2D eigenvalue weighted by Gasteiger charge is -2.14. The standard InChI is InChI=1S/C17H15F3N2O3/c1-10-2-7-13(14(8-10)25-9-17(18,19)20)22-16(24)12-5-3-11(4-6-12)15(21)23/h2-8H,9H2,1H3,(H2,21,23)(H,22,24). The summed E-state index contributed by atoms with van der Waals surface area (Å²) in [6, 6.07) is 10.0. The second-order valence-corrected chi connectivity index (χ2v) is 5.30. The van der Waals surface area contributed by atoms with Crippen LogP contribution in [0, 0.1) is 6.92 Å². The van der Waals surface area contributed by atoms with Crippen molar-refractivity contribution < 1.29 is 27.5 Å². The zero-order valence-electron chi connectivity index (χ0n) is 13.2. The van der Waals surface area contributed by atoms with Crippen LogP contribution in [0.4, 0.5) is 18.9 Å². The molecule has 0 fully saturated rings. The fourth-order valence-corrected chi connectivity index (χ4v) is 1.99. The van der Waals surface area contributed by atoms with Crippen molar-refractivity contribution in [2.75, 3.05) is 11.9 Å². The maximum absolute atomic E-state index is 12.4. The number of nitrogens with one attached hydrogen (secondary N) is 1. The molecule has 0 bridgehead atoms. The highest BCUT2D eigenvalue weighted by Gasteiger charge is 2.29. The number of nitrogens with two attached hydrogens (primary N) is 1. The molecule has 0 aromatic heterocycles. The monoisotopic (exact) mass is 352 g/mol. The number of amides is 2. The topological polar surface area (TPSA) is 81.4 Å². The minimum Gasteiger partial charge on any atom is -0.482 e. The van der Waals surface area contributed by atoms with E-state index in [9.17, 15) is 22.8 Å². The Kier molecular flexibility index (Phi) is 5.31. The van der Waals surface area contributed by atoms with Crippen molar-refractivity contribution in [1.29, 1.82) is 0 Å². The Morgan fingerprint density at radius 3 is 2.24 bits per heavy atom. The van der Waals surface area contributed by atoms with Gasteiger partial charge in [-0.2, -0.15) is 13.2 Å². The molecule has 2 rings (SSSR count). The average Bonchev–Trinajstić information content (AvgIpc) is 2.54. The largest absolute Gasteiger partial charge is 0.482 e. The van der Waals surface area contributed by atoms with E-state index in [2.05, 4.69) is 5.32 Å². The number of hydrogen-bond donors (Lipinski definition) is 2. The number of rotatable bonds is 5. The molecule has 132 valence electrons. The van der Waals surface area contributed by atoms with Crippen molar-refractivity contribution in [2.24, 2.45) is 5.73 Å². The fraction of sp³-hybridized carbons (Fsp3) is 0.176. The summed E-state index contributed by atoms with van der Waals surface area (Å²) in [5.41, 5.74) is 6.36. The number of ether oxygens (including phenoxy) is 1. The summed E-state index contributed by atoms with van der Waals surface area (Å²) in [6.45, 7) is 0.223. The van der Waals surface area contributed by atoms with Gasteiger partial charge in [-0.3, -0.25) is 9.59 Å². The Labute approximate surface area is 141 Å². The molecular formula is C17H15F3N2O3. The predicted octanol–water partition coefficient (Wildman–Crippen LogP) is 3.29. The molecule has 0 aliphatic rings. The molecule has 0 aliphatic carbocycles. The lowest BCUT2D eigenvalue weighted by molar-refractivity contribution is -0.153. The first kappa shape index (κ1) is 18.3. The van der Waals surface area contributed by atoms with Gasteiger partial charge in [-0.25, -0.2) is 0 Å². The molecule has 0 radical (unpaired) electrons. The first-order valence-corrected chi connectivity index (χ1v) is 7.17. The van der Waals surface area contributed by atoms with E-state index in [1.54, 1.807) is 13.0 Å². The quantitative estimate of drug-likeness (QED) is 0.866. The van der Waals surface area contributed by atoms with Crippen LogP contribution in [0.1, 0.15) is 26.3 Å². The van der Waals surface area contributed by atoms with Gasteiger partial charge in [0.2, 0.25) is 5.91 Å². The highest BCUT2D eigenvalue weighted by molar-refractivity contribution is 6.05. The minimum atomic E-state index is -4.49. The Morgan fingerprint density at radius 1 is 1.08 bits per heavy atom. The van der Waals surface area contributed by atoms with Gasteiger partial charge in [0.25, 0.3) is 5.91 Å². The van der Waals surface area contributed by atoms with Crippen LogP contribution in [-0.4, -0.2) is 24.6 Å². The summed E-state index contributed by atoms with van der Waals surface area (Å²) in [4.78, 5) is 23.2. The van der Waals surface area contributed by atoms with E-state index in [-0.39, 0.29) is 22.6 Å². The van der Waals surface area contributed by atoms with Crippen molar-refractivity contribution in [3.05, 3.63) is 59.2 Å². The second-order valence-electron chi connectivity index (χ2n) is 5.30. The van der Waals surface area contributed by atoms with Gasteiger partial charge in [0.1, 0.15) is 5.75 Å². The lowest BCUT2D eigenvalue weighted by atomic mass is 10.1. The molecule has 0 heterocycles. The summed E-state index contributed by atoms with van der Waals surface area (Å²) < 4.78 is 41.8. The van der Waals surface area contributed by atoms with Gasteiger partial charge >= 0.3 is 6.18 Å². The van der Waals surface area contributed by atoms with Crippen molar-refractivity contribution >= 4 is 17.5 Å². The molecule has 25 heavy (non-hydrogen) atoms. The highest BCUT2D eigenvalue weighted by Crippen LogP contribution is 2.28. The molecule has 3 N–H and O–H groups in total. The summed E-state index contributed by atoms with van der Waals surface area (Å²) in [7, 11) is 0. The number of primary amides is 1. The van der Waals surface area contributed by atoms with Crippen LogP contribution < -0.4 is 15.8 Å². The first-order chi connectivity index (χ1) is 11.7. The van der Waals surface area contributed by atoms with Crippen molar-refractivity contribution in [3.8, 4) is 5.75 Å². The number of carbonyl (C=O) groups excluding carboxylic acids is 2. The molecule has 0 atom stereocenters. The molecule has 0 unspecified atom stereocenters. The van der Waals surface area contributed by atoms with Gasteiger partial charge in [0.05, 0.1) is 5.69 Å².